The number of nitrogens with one attached hydrogen (secondary N) is 1. The van der Waals surface area contributed by atoms with Gasteiger partial charge in [-0.05, 0) is 74.1 Å². The summed E-state index contributed by atoms with van der Waals surface area (Å²) in [5.74, 6) is 0.447. The van der Waals surface area contributed by atoms with Crippen LogP contribution in [0, 0.1) is 12.7 Å². The van der Waals surface area contributed by atoms with Gasteiger partial charge in [0.15, 0.2) is 5.11 Å². The van der Waals surface area contributed by atoms with E-state index in [9.17, 15) is 4.39 Å². The van der Waals surface area contributed by atoms with Gasteiger partial charge in [-0.15, -0.1) is 0 Å². The maximum Gasteiger partial charge on any atom is 0.258 e. The van der Waals surface area contributed by atoms with Crippen molar-refractivity contribution in [3.8, 4) is 11.4 Å². The van der Waals surface area contributed by atoms with E-state index in [0.717, 1.165) is 28.0 Å². The van der Waals surface area contributed by atoms with Crippen LogP contribution in [-0.2, 0) is 0 Å². The Bertz CT molecular complexity index is 1400. The molecule has 0 spiro atoms. The molecule has 1 unspecified atom stereocenters. The van der Waals surface area contributed by atoms with Crippen molar-refractivity contribution in [2.45, 2.75) is 19.9 Å². The van der Waals surface area contributed by atoms with E-state index < -0.39 is 0 Å². The number of thiocarbonyl (C=S) groups is 1. The Morgan fingerprint density at radius 1 is 1.03 bits per heavy atom. The summed E-state index contributed by atoms with van der Waals surface area (Å²) in [4.78, 5) is 6.47. The Morgan fingerprint density at radius 3 is 2.47 bits per heavy atom. The predicted octanol–water partition coefficient (Wildman–Crippen LogP) is 6.70. The van der Waals surface area contributed by atoms with Crippen LogP contribution in [0.2, 0.25) is 5.02 Å². The van der Waals surface area contributed by atoms with Crippen LogP contribution in [-0.4, -0.2) is 15.3 Å². The molecule has 0 radical (unpaired) electrons. The van der Waals surface area contributed by atoms with Gasteiger partial charge in [0.05, 0.1) is 17.3 Å². The van der Waals surface area contributed by atoms with Crippen LogP contribution in [0.5, 0.6) is 0 Å². The van der Waals surface area contributed by atoms with Crippen LogP contribution in [0.25, 0.3) is 17.0 Å². The van der Waals surface area contributed by atoms with Crippen molar-refractivity contribution in [1.29, 1.82) is 0 Å². The standard InChI is InChI=1S/C26H20ClFN4OS/c1-15-6-8-17(9-7-15)23-22(25-30-24(31-33-25)18-10-12-19(27)13-11-18)16(2)32(26(34)29-23)21-5-3-4-20(28)14-21/h3-14,23H,1-2H3,(H,29,34). The molecular weight excluding hydrogens is 471 g/mol. The molecule has 5 rings (SSSR count). The highest BCUT2D eigenvalue weighted by atomic mass is 35.5. The van der Waals surface area contributed by atoms with E-state index >= 15 is 0 Å². The van der Waals surface area contributed by atoms with Crippen molar-refractivity contribution in [3.63, 3.8) is 0 Å². The molecule has 0 aliphatic carbocycles. The average Bonchev–Trinajstić information content (AvgIpc) is 3.29. The SMILES string of the molecule is CC1=C(c2nc(-c3ccc(Cl)cc3)no2)C(c2ccc(C)cc2)NC(=S)N1c1cccc(F)c1. The van der Waals surface area contributed by atoms with E-state index in [0.29, 0.717) is 27.5 Å². The highest BCUT2D eigenvalue weighted by molar-refractivity contribution is 7.80. The number of aromatic nitrogens is 2. The van der Waals surface area contributed by atoms with Crippen molar-refractivity contribution in [3.05, 3.63) is 106 Å². The molecule has 0 bridgehead atoms. The number of hydrogen-bond donors (Lipinski definition) is 1. The highest BCUT2D eigenvalue weighted by Gasteiger charge is 2.34. The number of rotatable bonds is 4. The van der Waals surface area contributed by atoms with E-state index in [1.54, 1.807) is 29.2 Å². The Labute approximate surface area is 206 Å². The number of hydrogen-bond acceptors (Lipinski definition) is 4. The number of benzene rings is 3. The van der Waals surface area contributed by atoms with Crippen molar-refractivity contribution in [1.82, 2.24) is 15.5 Å². The monoisotopic (exact) mass is 490 g/mol. The Kier molecular flexibility index (Phi) is 5.89. The topological polar surface area (TPSA) is 54.2 Å². The van der Waals surface area contributed by atoms with Crippen LogP contribution < -0.4 is 10.2 Å². The number of allylic oxidation sites excluding steroid dienone is 1. The second-order valence-electron chi connectivity index (χ2n) is 8.04. The molecule has 8 heteroatoms. The van der Waals surface area contributed by atoms with E-state index in [4.69, 9.17) is 28.3 Å². The van der Waals surface area contributed by atoms with Crippen LogP contribution >= 0.6 is 23.8 Å². The highest BCUT2D eigenvalue weighted by Crippen LogP contribution is 2.39. The first kappa shape index (κ1) is 22.3. The molecule has 1 aliphatic heterocycles. The Morgan fingerprint density at radius 2 is 1.76 bits per heavy atom. The molecule has 0 fully saturated rings. The molecule has 0 amide bonds. The molecular formula is C26H20ClFN4OS. The molecule has 5 nitrogen and oxygen atoms in total. The number of nitrogens with zero attached hydrogens (tertiary/aromatic N) is 3. The molecule has 1 atom stereocenters. The smallest absolute Gasteiger partial charge is 0.258 e. The summed E-state index contributed by atoms with van der Waals surface area (Å²) >= 11 is 11.7. The number of halogens is 2. The van der Waals surface area contributed by atoms with Gasteiger partial charge in [-0.1, -0.05) is 52.7 Å². The van der Waals surface area contributed by atoms with E-state index in [-0.39, 0.29) is 11.9 Å². The fourth-order valence-electron chi connectivity index (χ4n) is 4.00. The Hall–Kier alpha value is -3.55. The predicted molar refractivity (Wildman–Crippen MR) is 136 cm³/mol. The van der Waals surface area contributed by atoms with Gasteiger partial charge in [0, 0.05) is 16.3 Å². The van der Waals surface area contributed by atoms with Gasteiger partial charge in [0.2, 0.25) is 5.82 Å². The third-order valence-corrected chi connectivity index (χ3v) is 6.27. The molecule has 4 aromatic rings. The van der Waals surface area contributed by atoms with Gasteiger partial charge in [-0.2, -0.15) is 4.98 Å². The van der Waals surface area contributed by atoms with Crippen LogP contribution in [0.3, 0.4) is 0 Å². The van der Waals surface area contributed by atoms with Gasteiger partial charge >= 0.3 is 0 Å². The third kappa shape index (κ3) is 4.20. The van der Waals surface area contributed by atoms with Crippen LogP contribution in [0.1, 0.15) is 30.0 Å². The van der Waals surface area contributed by atoms with Crippen LogP contribution in [0.4, 0.5) is 10.1 Å². The molecule has 34 heavy (non-hydrogen) atoms. The molecule has 1 N–H and O–H groups in total. The summed E-state index contributed by atoms with van der Waals surface area (Å²) in [6.07, 6.45) is 0. The van der Waals surface area contributed by atoms with Crippen molar-refractivity contribution in [2.24, 2.45) is 0 Å². The summed E-state index contributed by atoms with van der Waals surface area (Å²) in [6.45, 7) is 3.95. The molecule has 0 saturated heterocycles. The molecule has 2 heterocycles. The van der Waals surface area contributed by atoms with E-state index in [2.05, 4.69) is 15.5 Å². The summed E-state index contributed by atoms with van der Waals surface area (Å²) in [5.41, 5.74) is 5.06. The van der Waals surface area contributed by atoms with Gasteiger partial charge in [0.1, 0.15) is 5.82 Å². The van der Waals surface area contributed by atoms with Gasteiger partial charge in [0.25, 0.3) is 5.89 Å². The second kappa shape index (κ2) is 9.00. The van der Waals surface area contributed by atoms with E-state index in [1.165, 1.54) is 12.1 Å². The number of anilines is 1. The molecule has 3 aromatic carbocycles. The first-order valence-corrected chi connectivity index (χ1v) is 11.4. The summed E-state index contributed by atoms with van der Waals surface area (Å²) in [6, 6.07) is 21.4. The maximum absolute atomic E-state index is 14.0. The fourth-order valence-corrected chi connectivity index (χ4v) is 4.49. The first-order valence-electron chi connectivity index (χ1n) is 10.6. The van der Waals surface area contributed by atoms with Gasteiger partial charge < -0.3 is 9.84 Å². The van der Waals surface area contributed by atoms with Crippen molar-refractivity contribution < 1.29 is 8.91 Å². The molecule has 1 aromatic heterocycles. The maximum atomic E-state index is 14.0. The minimum absolute atomic E-state index is 0.323. The summed E-state index contributed by atoms with van der Waals surface area (Å²) in [7, 11) is 0. The lowest BCUT2D eigenvalue weighted by Gasteiger charge is -2.37. The third-order valence-electron chi connectivity index (χ3n) is 5.72. The zero-order valence-electron chi connectivity index (χ0n) is 18.4. The summed E-state index contributed by atoms with van der Waals surface area (Å²) < 4.78 is 19.8. The quantitative estimate of drug-likeness (QED) is 0.321. The normalized spacial score (nSPS) is 16.1. The second-order valence-corrected chi connectivity index (χ2v) is 8.86. The zero-order chi connectivity index (χ0) is 23.8. The van der Waals surface area contributed by atoms with Crippen molar-refractivity contribution in [2.75, 3.05) is 4.90 Å². The van der Waals surface area contributed by atoms with E-state index in [1.807, 2.05) is 50.2 Å². The van der Waals surface area contributed by atoms with Gasteiger partial charge in [-0.3, -0.25) is 4.90 Å². The summed E-state index contributed by atoms with van der Waals surface area (Å²) in [5, 5.41) is 8.66. The first-order chi connectivity index (χ1) is 16.4. The van der Waals surface area contributed by atoms with Gasteiger partial charge in [-0.25, -0.2) is 4.39 Å². The largest absolute Gasteiger partial charge is 0.351 e. The minimum Gasteiger partial charge on any atom is -0.351 e. The lowest BCUT2D eigenvalue weighted by Crippen LogP contribution is -2.46. The zero-order valence-corrected chi connectivity index (χ0v) is 20.0. The van der Waals surface area contributed by atoms with Crippen molar-refractivity contribution >= 4 is 40.2 Å². The Balaban J connectivity index is 1.65. The molecule has 170 valence electrons. The lowest BCUT2D eigenvalue weighted by molar-refractivity contribution is 0.404. The molecule has 1 aliphatic rings. The molecule has 0 saturated carbocycles. The average molecular weight is 491 g/mol. The fraction of sp³-hybridized carbons (Fsp3) is 0.115. The minimum atomic E-state index is -0.349. The lowest BCUT2D eigenvalue weighted by atomic mass is 9.94. The number of aryl methyl sites for hydroxylation is 1. The van der Waals surface area contributed by atoms with Crippen LogP contribution in [0.15, 0.2) is 83.0 Å².